The maximum absolute atomic E-state index is 13.4. The first-order valence-electron chi connectivity index (χ1n) is 4.45. The number of aromatic nitrogens is 3. The number of rotatable bonds is 2. The molecule has 82 valence electrons. The lowest BCUT2D eigenvalue weighted by Crippen LogP contribution is -2.10. The van der Waals surface area contributed by atoms with Crippen molar-refractivity contribution in [2.75, 3.05) is 0 Å². The smallest absolute Gasteiger partial charge is 0.216 e. The van der Waals surface area contributed by atoms with Crippen LogP contribution in [-0.4, -0.2) is 20.8 Å². The lowest BCUT2D eigenvalue weighted by molar-refractivity contribution is 0.102. The van der Waals surface area contributed by atoms with E-state index >= 15 is 0 Å². The Bertz CT molecular complexity index is 533. The van der Waals surface area contributed by atoms with Gasteiger partial charge in [0.1, 0.15) is 11.5 Å². The maximum Gasteiger partial charge on any atom is 0.216 e. The normalized spacial score (nSPS) is 10.4. The van der Waals surface area contributed by atoms with E-state index in [2.05, 4.69) is 26.2 Å². The minimum absolute atomic E-state index is 0.00796. The van der Waals surface area contributed by atoms with E-state index in [1.165, 1.54) is 22.9 Å². The molecule has 0 fully saturated rings. The van der Waals surface area contributed by atoms with Crippen molar-refractivity contribution in [2.45, 2.75) is 0 Å². The summed E-state index contributed by atoms with van der Waals surface area (Å²) >= 11 is 3.10. The molecule has 1 aromatic heterocycles. The van der Waals surface area contributed by atoms with Crippen LogP contribution in [0, 0.1) is 5.82 Å². The lowest BCUT2D eigenvalue weighted by atomic mass is 10.1. The molecule has 2 aromatic rings. The first-order chi connectivity index (χ1) is 7.61. The molecule has 0 N–H and O–H groups in total. The summed E-state index contributed by atoms with van der Waals surface area (Å²) in [5.41, 5.74) is 0.235. The van der Waals surface area contributed by atoms with E-state index in [4.69, 9.17) is 0 Å². The Morgan fingerprint density at radius 3 is 2.69 bits per heavy atom. The molecule has 1 heterocycles. The molecule has 0 spiro atoms. The van der Waals surface area contributed by atoms with Gasteiger partial charge in [-0.05, 0) is 28.1 Å². The second-order valence-corrected chi connectivity index (χ2v) is 3.91. The molecule has 4 nitrogen and oxygen atoms in total. The summed E-state index contributed by atoms with van der Waals surface area (Å²) in [4.78, 5) is 12.0. The fourth-order valence-electron chi connectivity index (χ4n) is 1.35. The van der Waals surface area contributed by atoms with E-state index in [0.717, 1.165) is 0 Å². The van der Waals surface area contributed by atoms with E-state index in [1.54, 1.807) is 13.1 Å². The first kappa shape index (κ1) is 10.9. The van der Waals surface area contributed by atoms with Crippen LogP contribution in [0.1, 0.15) is 16.1 Å². The van der Waals surface area contributed by atoms with Gasteiger partial charge in [-0.3, -0.25) is 4.79 Å². The Morgan fingerprint density at radius 2 is 2.12 bits per heavy atom. The minimum atomic E-state index is -0.555. The van der Waals surface area contributed by atoms with Crippen LogP contribution in [0.5, 0.6) is 0 Å². The van der Waals surface area contributed by atoms with Crippen LogP contribution in [0.2, 0.25) is 0 Å². The summed E-state index contributed by atoms with van der Waals surface area (Å²) in [5.74, 6) is -1.00. The Balaban J connectivity index is 2.52. The standard InChI is InChI=1S/C10H7BrFN3O/c1-15-8(10(11)13-14-15)9(16)6-4-2-3-5-7(6)12/h2-5H,1H3. The zero-order valence-corrected chi connectivity index (χ0v) is 9.90. The van der Waals surface area contributed by atoms with Gasteiger partial charge in [0.2, 0.25) is 5.78 Å². The zero-order chi connectivity index (χ0) is 11.7. The van der Waals surface area contributed by atoms with Gasteiger partial charge in [0.15, 0.2) is 4.60 Å². The Morgan fingerprint density at radius 1 is 1.44 bits per heavy atom. The first-order valence-corrected chi connectivity index (χ1v) is 5.25. The van der Waals surface area contributed by atoms with Gasteiger partial charge < -0.3 is 0 Å². The number of carbonyl (C=O) groups is 1. The monoisotopic (exact) mass is 283 g/mol. The van der Waals surface area contributed by atoms with E-state index in [0.29, 0.717) is 4.60 Å². The van der Waals surface area contributed by atoms with E-state index in [-0.39, 0.29) is 11.3 Å². The van der Waals surface area contributed by atoms with E-state index in [9.17, 15) is 9.18 Å². The molecule has 0 saturated heterocycles. The molecule has 16 heavy (non-hydrogen) atoms. The van der Waals surface area contributed by atoms with Crippen molar-refractivity contribution in [2.24, 2.45) is 7.05 Å². The second-order valence-electron chi connectivity index (χ2n) is 3.16. The van der Waals surface area contributed by atoms with Crippen molar-refractivity contribution >= 4 is 21.7 Å². The van der Waals surface area contributed by atoms with Crippen LogP contribution >= 0.6 is 15.9 Å². The molecule has 0 amide bonds. The molecule has 0 aliphatic rings. The topological polar surface area (TPSA) is 47.8 Å². The third kappa shape index (κ3) is 1.76. The molecule has 2 rings (SSSR count). The molecule has 0 radical (unpaired) electrons. The van der Waals surface area contributed by atoms with Crippen molar-refractivity contribution in [3.8, 4) is 0 Å². The fraction of sp³-hybridized carbons (Fsp3) is 0.100. The van der Waals surface area contributed by atoms with Crippen LogP contribution in [0.4, 0.5) is 4.39 Å². The summed E-state index contributed by atoms with van der Waals surface area (Å²) in [6.45, 7) is 0. The van der Waals surface area contributed by atoms with Gasteiger partial charge >= 0.3 is 0 Å². The summed E-state index contributed by atoms with van der Waals surface area (Å²) < 4.78 is 15.0. The highest BCUT2D eigenvalue weighted by molar-refractivity contribution is 9.10. The number of hydrogen-bond acceptors (Lipinski definition) is 3. The highest BCUT2D eigenvalue weighted by atomic mass is 79.9. The third-order valence-electron chi connectivity index (χ3n) is 2.12. The largest absolute Gasteiger partial charge is 0.287 e. The summed E-state index contributed by atoms with van der Waals surface area (Å²) in [6, 6.07) is 5.80. The van der Waals surface area contributed by atoms with Gasteiger partial charge in [-0.1, -0.05) is 17.3 Å². The van der Waals surface area contributed by atoms with Crippen molar-refractivity contribution in [3.63, 3.8) is 0 Å². The van der Waals surface area contributed by atoms with E-state index < -0.39 is 11.6 Å². The lowest BCUT2D eigenvalue weighted by Gasteiger charge is -2.02. The van der Waals surface area contributed by atoms with Crippen LogP contribution < -0.4 is 0 Å². The number of hydrogen-bond donors (Lipinski definition) is 0. The summed E-state index contributed by atoms with van der Waals surface area (Å²) in [7, 11) is 1.58. The zero-order valence-electron chi connectivity index (χ0n) is 8.32. The number of carbonyl (C=O) groups excluding carboxylic acids is 1. The summed E-state index contributed by atoms with van der Waals surface area (Å²) in [6.07, 6.45) is 0. The average Bonchev–Trinajstić information content (AvgIpc) is 2.58. The third-order valence-corrected chi connectivity index (χ3v) is 2.65. The van der Waals surface area contributed by atoms with Crippen LogP contribution in [0.3, 0.4) is 0 Å². The molecule has 0 aliphatic heterocycles. The Hall–Kier alpha value is -1.56. The Kier molecular flexibility index (Phi) is 2.82. The molecule has 6 heteroatoms. The minimum Gasteiger partial charge on any atom is -0.287 e. The number of benzene rings is 1. The molecule has 0 saturated carbocycles. The fourth-order valence-corrected chi connectivity index (χ4v) is 1.85. The van der Waals surface area contributed by atoms with Crippen LogP contribution in [0.15, 0.2) is 28.9 Å². The quantitative estimate of drug-likeness (QED) is 0.792. The average molecular weight is 284 g/mol. The van der Waals surface area contributed by atoms with Crippen LogP contribution in [-0.2, 0) is 7.05 Å². The predicted octanol–water partition coefficient (Wildman–Crippen LogP) is 1.95. The number of ketones is 1. The van der Waals surface area contributed by atoms with Crippen molar-refractivity contribution in [1.29, 1.82) is 0 Å². The maximum atomic E-state index is 13.4. The SMILES string of the molecule is Cn1nnc(Br)c1C(=O)c1ccccc1F. The van der Waals surface area contributed by atoms with Crippen molar-refractivity contribution in [1.82, 2.24) is 15.0 Å². The van der Waals surface area contributed by atoms with Crippen molar-refractivity contribution in [3.05, 3.63) is 45.9 Å². The van der Waals surface area contributed by atoms with Gasteiger partial charge in [0.05, 0.1) is 5.56 Å². The van der Waals surface area contributed by atoms with Crippen LogP contribution in [0.25, 0.3) is 0 Å². The van der Waals surface area contributed by atoms with Gasteiger partial charge in [0, 0.05) is 7.05 Å². The van der Waals surface area contributed by atoms with Gasteiger partial charge in [-0.15, -0.1) is 5.10 Å². The molecule has 0 atom stereocenters. The molecule has 1 aromatic carbocycles. The summed E-state index contributed by atoms with van der Waals surface area (Å²) in [5, 5.41) is 7.35. The van der Waals surface area contributed by atoms with Gasteiger partial charge in [-0.25, -0.2) is 9.07 Å². The molecule has 0 aliphatic carbocycles. The number of aryl methyl sites for hydroxylation is 1. The Labute approximate surface area is 99.2 Å². The van der Waals surface area contributed by atoms with Gasteiger partial charge in [-0.2, -0.15) is 0 Å². The number of halogens is 2. The van der Waals surface area contributed by atoms with Crippen molar-refractivity contribution < 1.29 is 9.18 Å². The molecular weight excluding hydrogens is 277 g/mol. The molecule has 0 bridgehead atoms. The molecular formula is C10H7BrFN3O. The van der Waals surface area contributed by atoms with Gasteiger partial charge in [0.25, 0.3) is 0 Å². The highest BCUT2D eigenvalue weighted by Crippen LogP contribution is 2.18. The second kappa shape index (κ2) is 4.13. The number of nitrogens with zero attached hydrogens (tertiary/aromatic N) is 3. The van der Waals surface area contributed by atoms with E-state index in [1.807, 2.05) is 0 Å². The predicted molar refractivity (Wildman–Crippen MR) is 58.5 cm³/mol. The highest BCUT2D eigenvalue weighted by Gasteiger charge is 2.20. The molecule has 0 unspecified atom stereocenters.